The van der Waals surface area contributed by atoms with Crippen LogP contribution in [-0.2, 0) is 0 Å². The summed E-state index contributed by atoms with van der Waals surface area (Å²) in [6.07, 6.45) is 0. The molecule has 0 aliphatic rings. The van der Waals surface area contributed by atoms with Gasteiger partial charge in [0.05, 0.1) is 5.69 Å². The molecule has 1 aromatic heterocycles. The first kappa shape index (κ1) is 11.6. The molecule has 0 atom stereocenters. The highest BCUT2D eigenvalue weighted by Gasteiger charge is 2.18. The summed E-state index contributed by atoms with van der Waals surface area (Å²) in [6.45, 7) is 1.99. The molecule has 1 heterocycles. The summed E-state index contributed by atoms with van der Waals surface area (Å²) in [7, 11) is 1.73. The largest absolute Gasteiger partial charge is 0.477 e. The highest BCUT2D eigenvalue weighted by atomic mass is 32.1. The number of aryl methyl sites for hydroxylation is 1. The van der Waals surface area contributed by atoms with Crippen molar-refractivity contribution in [3.63, 3.8) is 0 Å². The van der Waals surface area contributed by atoms with Gasteiger partial charge in [0.25, 0.3) is 0 Å². The molecule has 0 spiro atoms. The molecule has 88 valence electrons. The third-order valence-corrected chi connectivity index (χ3v) is 3.42. The molecular formula is C12H12N2O2S. The first-order valence-corrected chi connectivity index (χ1v) is 5.92. The SMILES string of the molecule is CNc1nc(-c2ccc(C)cc2)c(C(=O)O)s1. The minimum Gasteiger partial charge on any atom is -0.477 e. The van der Waals surface area contributed by atoms with Gasteiger partial charge in [-0.05, 0) is 6.92 Å². The Balaban J connectivity index is 2.53. The lowest BCUT2D eigenvalue weighted by Gasteiger charge is -1.99. The van der Waals surface area contributed by atoms with Gasteiger partial charge in [-0.15, -0.1) is 0 Å². The van der Waals surface area contributed by atoms with Crippen molar-refractivity contribution in [2.75, 3.05) is 12.4 Å². The van der Waals surface area contributed by atoms with Crippen LogP contribution >= 0.6 is 11.3 Å². The van der Waals surface area contributed by atoms with Crippen molar-refractivity contribution in [3.8, 4) is 11.3 Å². The molecule has 0 saturated carbocycles. The van der Waals surface area contributed by atoms with E-state index in [9.17, 15) is 4.79 Å². The number of aromatic nitrogens is 1. The molecule has 0 amide bonds. The molecule has 0 unspecified atom stereocenters. The van der Waals surface area contributed by atoms with E-state index in [0.717, 1.165) is 22.5 Å². The predicted octanol–water partition coefficient (Wildman–Crippen LogP) is 2.86. The zero-order valence-corrected chi connectivity index (χ0v) is 10.3. The Morgan fingerprint density at radius 3 is 2.53 bits per heavy atom. The van der Waals surface area contributed by atoms with Crippen LogP contribution < -0.4 is 5.32 Å². The topological polar surface area (TPSA) is 62.2 Å². The Morgan fingerprint density at radius 1 is 1.35 bits per heavy atom. The summed E-state index contributed by atoms with van der Waals surface area (Å²) in [5.74, 6) is -0.945. The summed E-state index contributed by atoms with van der Waals surface area (Å²) >= 11 is 1.14. The zero-order chi connectivity index (χ0) is 12.4. The van der Waals surface area contributed by atoms with Crippen LogP contribution in [0.5, 0.6) is 0 Å². The third-order valence-electron chi connectivity index (χ3n) is 2.36. The molecule has 1 aromatic carbocycles. The number of carbonyl (C=O) groups is 1. The number of benzene rings is 1. The standard InChI is InChI=1S/C12H12N2O2S/c1-7-3-5-8(6-4-7)9-10(11(15)16)17-12(13-2)14-9/h3-6H,1-2H3,(H,13,14)(H,15,16). The minimum absolute atomic E-state index is 0.262. The molecule has 2 rings (SSSR count). The number of nitrogens with one attached hydrogen (secondary N) is 1. The van der Waals surface area contributed by atoms with Gasteiger partial charge in [0.1, 0.15) is 4.88 Å². The monoisotopic (exact) mass is 248 g/mol. The average Bonchev–Trinajstić information content (AvgIpc) is 2.74. The number of thiazole rings is 1. The van der Waals surface area contributed by atoms with Gasteiger partial charge in [-0.25, -0.2) is 9.78 Å². The fourth-order valence-electron chi connectivity index (χ4n) is 1.48. The van der Waals surface area contributed by atoms with Crippen molar-refractivity contribution >= 4 is 22.4 Å². The first-order chi connectivity index (χ1) is 8.11. The lowest BCUT2D eigenvalue weighted by Crippen LogP contribution is -1.95. The van der Waals surface area contributed by atoms with E-state index in [2.05, 4.69) is 10.3 Å². The second-order valence-electron chi connectivity index (χ2n) is 3.62. The average molecular weight is 248 g/mol. The van der Waals surface area contributed by atoms with Crippen LogP contribution in [0.4, 0.5) is 5.13 Å². The number of anilines is 1. The van der Waals surface area contributed by atoms with E-state index >= 15 is 0 Å². The van der Waals surface area contributed by atoms with Gasteiger partial charge in [-0.3, -0.25) is 0 Å². The lowest BCUT2D eigenvalue weighted by molar-refractivity contribution is 0.0702. The summed E-state index contributed by atoms with van der Waals surface area (Å²) in [6, 6.07) is 7.66. The molecule has 2 aromatic rings. The second kappa shape index (κ2) is 4.55. The van der Waals surface area contributed by atoms with Crippen LogP contribution in [0.1, 0.15) is 15.2 Å². The van der Waals surface area contributed by atoms with Crippen LogP contribution in [0.3, 0.4) is 0 Å². The number of hydrogen-bond donors (Lipinski definition) is 2. The number of carboxylic acids is 1. The Hall–Kier alpha value is -1.88. The Morgan fingerprint density at radius 2 is 2.00 bits per heavy atom. The fraction of sp³-hybridized carbons (Fsp3) is 0.167. The van der Waals surface area contributed by atoms with E-state index < -0.39 is 5.97 Å². The molecule has 5 heteroatoms. The molecule has 17 heavy (non-hydrogen) atoms. The molecule has 0 aliphatic carbocycles. The molecule has 0 bridgehead atoms. The summed E-state index contributed by atoms with van der Waals surface area (Å²) in [5, 5.41) is 12.6. The van der Waals surface area contributed by atoms with E-state index in [4.69, 9.17) is 5.11 Å². The minimum atomic E-state index is -0.945. The van der Waals surface area contributed by atoms with Gasteiger partial charge < -0.3 is 10.4 Å². The van der Waals surface area contributed by atoms with Crippen molar-refractivity contribution < 1.29 is 9.90 Å². The molecule has 4 nitrogen and oxygen atoms in total. The predicted molar refractivity (Wildman–Crippen MR) is 68.8 cm³/mol. The van der Waals surface area contributed by atoms with E-state index in [-0.39, 0.29) is 4.88 Å². The quantitative estimate of drug-likeness (QED) is 0.876. The summed E-state index contributed by atoms with van der Waals surface area (Å²) in [5.41, 5.74) is 2.48. The number of rotatable bonds is 3. The number of nitrogens with zero attached hydrogens (tertiary/aromatic N) is 1. The van der Waals surface area contributed by atoms with Crippen LogP contribution in [0.25, 0.3) is 11.3 Å². The van der Waals surface area contributed by atoms with Crippen molar-refractivity contribution in [2.24, 2.45) is 0 Å². The number of carboxylic acid groups (broad SMARTS) is 1. The lowest BCUT2D eigenvalue weighted by atomic mass is 10.1. The van der Waals surface area contributed by atoms with Gasteiger partial charge in [-0.1, -0.05) is 41.2 Å². The number of aromatic carboxylic acids is 1. The van der Waals surface area contributed by atoms with E-state index in [0.29, 0.717) is 10.8 Å². The Labute approximate surface area is 103 Å². The van der Waals surface area contributed by atoms with Crippen LogP contribution in [-0.4, -0.2) is 23.1 Å². The van der Waals surface area contributed by atoms with Gasteiger partial charge in [0.2, 0.25) is 0 Å². The maximum Gasteiger partial charge on any atom is 0.348 e. The maximum atomic E-state index is 11.1. The van der Waals surface area contributed by atoms with Crippen molar-refractivity contribution in [1.29, 1.82) is 0 Å². The Kier molecular flexibility index (Phi) is 3.10. The van der Waals surface area contributed by atoms with E-state index in [1.54, 1.807) is 7.05 Å². The summed E-state index contributed by atoms with van der Waals surface area (Å²) < 4.78 is 0. The normalized spacial score (nSPS) is 10.2. The van der Waals surface area contributed by atoms with Gasteiger partial charge in [-0.2, -0.15) is 0 Å². The van der Waals surface area contributed by atoms with Crippen molar-refractivity contribution in [1.82, 2.24) is 4.98 Å². The van der Waals surface area contributed by atoms with Crippen molar-refractivity contribution in [3.05, 3.63) is 34.7 Å². The summed E-state index contributed by atoms with van der Waals surface area (Å²) in [4.78, 5) is 15.7. The smallest absolute Gasteiger partial charge is 0.348 e. The van der Waals surface area contributed by atoms with Crippen molar-refractivity contribution in [2.45, 2.75) is 6.92 Å². The maximum absolute atomic E-state index is 11.1. The highest BCUT2D eigenvalue weighted by Crippen LogP contribution is 2.30. The molecular weight excluding hydrogens is 236 g/mol. The first-order valence-electron chi connectivity index (χ1n) is 5.10. The molecule has 0 radical (unpaired) electrons. The molecule has 0 fully saturated rings. The van der Waals surface area contributed by atoms with E-state index in [1.807, 2.05) is 31.2 Å². The van der Waals surface area contributed by atoms with Gasteiger partial charge in [0.15, 0.2) is 5.13 Å². The third kappa shape index (κ3) is 2.29. The fourth-order valence-corrected chi connectivity index (χ4v) is 2.26. The number of hydrogen-bond acceptors (Lipinski definition) is 4. The van der Waals surface area contributed by atoms with Crippen LogP contribution in [0.15, 0.2) is 24.3 Å². The molecule has 0 saturated heterocycles. The van der Waals surface area contributed by atoms with Gasteiger partial charge in [0, 0.05) is 12.6 Å². The Bertz CT molecular complexity index is 546. The van der Waals surface area contributed by atoms with Crippen LogP contribution in [0.2, 0.25) is 0 Å². The van der Waals surface area contributed by atoms with Crippen LogP contribution in [0, 0.1) is 6.92 Å². The second-order valence-corrected chi connectivity index (χ2v) is 4.62. The van der Waals surface area contributed by atoms with Gasteiger partial charge >= 0.3 is 5.97 Å². The highest BCUT2D eigenvalue weighted by molar-refractivity contribution is 7.17. The van der Waals surface area contributed by atoms with E-state index in [1.165, 1.54) is 0 Å². The molecule has 0 aliphatic heterocycles. The zero-order valence-electron chi connectivity index (χ0n) is 9.52. The molecule has 2 N–H and O–H groups in total.